The Morgan fingerprint density at radius 2 is 1.92 bits per heavy atom. The highest BCUT2D eigenvalue weighted by atomic mass is 16.2. The molecule has 3 rings (SSSR count). The smallest absolute Gasteiger partial charge is 0.253 e. The maximum atomic E-state index is 12.6. The molecule has 2 unspecified atom stereocenters. The van der Waals surface area contributed by atoms with Crippen LogP contribution in [0.5, 0.6) is 0 Å². The first kappa shape index (κ1) is 16.9. The molecule has 5 heteroatoms. The van der Waals surface area contributed by atoms with Crippen LogP contribution in [-0.4, -0.2) is 24.1 Å². The van der Waals surface area contributed by atoms with Crippen molar-refractivity contribution in [2.24, 2.45) is 11.0 Å². The molecule has 2 aromatic carbocycles. The zero-order valence-corrected chi connectivity index (χ0v) is 14.3. The van der Waals surface area contributed by atoms with Gasteiger partial charge in [0, 0.05) is 12.5 Å². The van der Waals surface area contributed by atoms with Crippen molar-refractivity contribution >= 4 is 17.5 Å². The molecule has 1 fully saturated rings. The van der Waals surface area contributed by atoms with Gasteiger partial charge in [-0.3, -0.25) is 9.59 Å². The fourth-order valence-corrected chi connectivity index (χ4v) is 3.08. The van der Waals surface area contributed by atoms with E-state index in [1.54, 1.807) is 0 Å². The minimum atomic E-state index is -0.767. The number of nitrogens with one attached hydrogen (secondary N) is 2. The van der Waals surface area contributed by atoms with E-state index in [1.165, 1.54) is 0 Å². The van der Waals surface area contributed by atoms with Crippen molar-refractivity contribution in [3.63, 3.8) is 0 Å². The Morgan fingerprint density at radius 1 is 1.16 bits per heavy atom. The number of amides is 2. The van der Waals surface area contributed by atoms with Gasteiger partial charge in [-0.15, -0.1) is 0 Å². The molecule has 128 valence electrons. The second-order valence-corrected chi connectivity index (χ2v) is 6.28. The average molecular weight is 335 g/mol. The molecule has 0 aliphatic carbocycles. The Balaban J connectivity index is 1.75. The maximum absolute atomic E-state index is 12.6. The molecule has 0 bridgehead atoms. The van der Waals surface area contributed by atoms with Crippen molar-refractivity contribution in [3.05, 3.63) is 71.3 Å². The van der Waals surface area contributed by atoms with Gasteiger partial charge in [0.15, 0.2) is 0 Å². The van der Waals surface area contributed by atoms with E-state index in [4.69, 9.17) is 0 Å². The van der Waals surface area contributed by atoms with Crippen LogP contribution in [-0.2, 0) is 9.59 Å². The Bertz CT molecular complexity index is 815. The lowest BCUT2D eigenvalue weighted by atomic mass is 9.88. The molecule has 0 radical (unpaired) electrons. The number of benzene rings is 2. The highest BCUT2D eigenvalue weighted by Gasteiger charge is 2.40. The summed E-state index contributed by atoms with van der Waals surface area (Å²) < 4.78 is 0. The lowest BCUT2D eigenvalue weighted by Gasteiger charge is -2.15. The maximum Gasteiger partial charge on any atom is 0.253 e. The van der Waals surface area contributed by atoms with Gasteiger partial charge in [0.25, 0.3) is 5.91 Å². The summed E-state index contributed by atoms with van der Waals surface area (Å²) in [6, 6.07) is 17.5. The summed E-state index contributed by atoms with van der Waals surface area (Å²) in [5.74, 6) is -1.58. The van der Waals surface area contributed by atoms with E-state index >= 15 is 0 Å². The molecule has 2 aromatic rings. The zero-order chi connectivity index (χ0) is 17.8. The van der Waals surface area contributed by atoms with E-state index in [0.29, 0.717) is 12.3 Å². The summed E-state index contributed by atoms with van der Waals surface area (Å²) in [5.41, 5.74) is 6.30. The highest BCUT2D eigenvalue weighted by Crippen LogP contribution is 2.29. The van der Waals surface area contributed by atoms with Gasteiger partial charge < -0.3 is 5.32 Å². The summed E-state index contributed by atoms with van der Waals surface area (Å²) >= 11 is 0. The third-order valence-electron chi connectivity index (χ3n) is 4.46. The van der Waals surface area contributed by atoms with Crippen LogP contribution in [0.15, 0.2) is 59.7 Å². The first-order valence-corrected chi connectivity index (χ1v) is 8.30. The van der Waals surface area contributed by atoms with Crippen LogP contribution in [0.1, 0.15) is 29.5 Å². The monoisotopic (exact) mass is 335 g/mol. The quantitative estimate of drug-likeness (QED) is 0.511. The molecule has 1 heterocycles. The third kappa shape index (κ3) is 3.76. The van der Waals surface area contributed by atoms with Crippen molar-refractivity contribution in [1.82, 2.24) is 10.7 Å². The fraction of sp³-hybridized carbons (Fsp3) is 0.250. The zero-order valence-electron chi connectivity index (χ0n) is 14.3. The van der Waals surface area contributed by atoms with E-state index in [0.717, 1.165) is 16.7 Å². The average Bonchev–Trinajstić information content (AvgIpc) is 3.02. The van der Waals surface area contributed by atoms with Gasteiger partial charge in [-0.25, -0.2) is 5.43 Å². The molecular weight excluding hydrogens is 314 g/mol. The van der Waals surface area contributed by atoms with Crippen LogP contribution in [0.3, 0.4) is 0 Å². The van der Waals surface area contributed by atoms with Crippen LogP contribution >= 0.6 is 0 Å². The molecule has 1 aliphatic rings. The first-order chi connectivity index (χ1) is 12.1. The molecule has 25 heavy (non-hydrogen) atoms. The van der Waals surface area contributed by atoms with E-state index in [2.05, 4.69) is 15.8 Å². The predicted octanol–water partition coefficient (Wildman–Crippen LogP) is 2.37. The summed E-state index contributed by atoms with van der Waals surface area (Å²) in [6.07, 6.45) is 0. The van der Waals surface area contributed by atoms with Gasteiger partial charge in [0.2, 0.25) is 5.91 Å². The number of hydrogen-bond acceptors (Lipinski definition) is 3. The minimum Gasteiger partial charge on any atom is -0.355 e. The summed E-state index contributed by atoms with van der Waals surface area (Å²) in [7, 11) is 0. The number of rotatable bonds is 4. The lowest BCUT2D eigenvalue weighted by Crippen LogP contribution is -2.35. The van der Waals surface area contributed by atoms with Crippen molar-refractivity contribution in [3.8, 4) is 0 Å². The minimum absolute atomic E-state index is 0.178. The second kappa shape index (κ2) is 7.30. The third-order valence-corrected chi connectivity index (χ3v) is 4.46. The van der Waals surface area contributed by atoms with Crippen molar-refractivity contribution in [2.75, 3.05) is 6.54 Å². The molecular formula is C20H21N3O2. The summed E-state index contributed by atoms with van der Waals surface area (Å²) in [4.78, 5) is 24.7. The van der Waals surface area contributed by atoms with Crippen LogP contribution in [0.4, 0.5) is 0 Å². The topological polar surface area (TPSA) is 70.6 Å². The largest absolute Gasteiger partial charge is 0.355 e. The van der Waals surface area contributed by atoms with Gasteiger partial charge in [-0.05, 0) is 25.0 Å². The van der Waals surface area contributed by atoms with Gasteiger partial charge in [0.05, 0.1) is 5.71 Å². The van der Waals surface area contributed by atoms with Crippen molar-refractivity contribution in [2.45, 2.75) is 19.8 Å². The number of nitrogens with zero attached hydrogens (tertiary/aromatic N) is 1. The van der Waals surface area contributed by atoms with Gasteiger partial charge >= 0.3 is 0 Å². The summed E-state index contributed by atoms with van der Waals surface area (Å²) in [6.45, 7) is 4.29. The van der Waals surface area contributed by atoms with Crippen LogP contribution in [0.2, 0.25) is 0 Å². The molecule has 0 saturated carbocycles. The molecule has 2 amide bonds. The van der Waals surface area contributed by atoms with Gasteiger partial charge in [-0.1, -0.05) is 60.2 Å². The molecule has 0 aromatic heterocycles. The number of hydrazone groups is 1. The Kier molecular flexibility index (Phi) is 4.93. The van der Waals surface area contributed by atoms with Crippen molar-refractivity contribution < 1.29 is 9.59 Å². The molecule has 2 atom stereocenters. The summed E-state index contributed by atoms with van der Waals surface area (Å²) in [5, 5.41) is 6.96. The normalized spacial score (nSPS) is 20.2. The fourth-order valence-electron chi connectivity index (χ4n) is 3.08. The number of carbonyl (C=O) groups excluding carboxylic acids is 2. The molecule has 2 N–H and O–H groups in total. The predicted molar refractivity (Wildman–Crippen MR) is 97.2 cm³/mol. The second-order valence-electron chi connectivity index (χ2n) is 6.28. The van der Waals surface area contributed by atoms with Crippen LogP contribution < -0.4 is 10.7 Å². The number of carbonyl (C=O) groups is 2. The standard InChI is InChI=1S/C20H21N3O2/c1-13-7-6-10-16(11-13)14(2)22-23-20(25)18-17(12-21-19(18)24)15-8-4-3-5-9-15/h3-11,17-18H,12H2,1-2H3,(H,21,24)(H,23,25). The van der Waals surface area contributed by atoms with Crippen LogP contribution in [0.25, 0.3) is 0 Å². The van der Waals surface area contributed by atoms with Gasteiger partial charge in [-0.2, -0.15) is 5.10 Å². The first-order valence-electron chi connectivity index (χ1n) is 8.30. The SMILES string of the molecule is CC(=NNC(=O)C1C(=O)NCC1c1ccccc1)c1cccc(C)c1. The molecule has 1 aliphatic heterocycles. The highest BCUT2D eigenvalue weighted by molar-refractivity contribution is 6.04. The van der Waals surface area contributed by atoms with Crippen LogP contribution in [0, 0.1) is 12.8 Å². The van der Waals surface area contributed by atoms with Gasteiger partial charge in [0.1, 0.15) is 5.92 Å². The number of aryl methyl sites for hydroxylation is 1. The lowest BCUT2D eigenvalue weighted by molar-refractivity contribution is -0.133. The molecule has 5 nitrogen and oxygen atoms in total. The molecule has 1 saturated heterocycles. The van der Waals surface area contributed by atoms with E-state index in [-0.39, 0.29) is 17.7 Å². The van der Waals surface area contributed by atoms with E-state index in [9.17, 15) is 9.59 Å². The number of hydrogen-bond donors (Lipinski definition) is 2. The van der Waals surface area contributed by atoms with E-state index < -0.39 is 5.92 Å². The Labute approximate surface area is 147 Å². The Morgan fingerprint density at radius 3 is 2.64 bits per heavy atom. The Hall–Kier alpha value is -2.95. The van der Waals surface area contributed by atoms with Crippen molar-refractivity contribution in [1.29, 1.82) is 0 Å². The molecule has 0 spiro atoms. The van der Waals surface area contributed by atoms with E-state index in [1.807, 2.05) is 68.4 Å².